The molecule has 0 unspecified atom stereocenters. The van der Waals surface area contributed by atoms with Crippen molar-refractivity contribution in [3.63, 3.8) is 0 Å². The number of carbonyl (C=O) groups excluding carboxylic acids is 1. The zero-order valence-corrected chi connectivity index (χ0v) is 14.6. The fraction of sp³-hybridized carbons (Fsp3) is 0.0909. The largest absolute Gasteiger partial charge is 0.497 e. The molecule has 3 rings (SSSR count). The summed E-state index contributed by atoms with van der Waals surface area (Å²) in [6, 6.07) is 26.7. The minimum Gasteiger partial charge on any atom is -0.497 e. The number of rotatable bonds is 6. The second-order valence-electron chi connectivity index (χ2n) is 5.76. The predicted octanol–water partition coefficient (Wildman–Crippen LogP) is 4.07. The minimum absolute atomic E-state index is 0.232. The fourth-order valence-corrected chi connectivity index (χ4v) is 2.55. The Labute approximate surface area is 153 Å². The van der Waals surface area contributed by atoms with E-state index in [1.54, 1.807) is 19.2 Å². The van der Waals surface area contributed by atoms with E-state index in [0.29, 0.717) is 12.0 Å². The lowest BCUT2D eigenvalue weighted by Gasteiger charge is -2.09. The average Bonchev–Trinajstić information content (AvgIpc) is 2.72. The van der Waals surface area contributed by atoms with Crippen molar-refractivity contribution in [2.45, 2.75) is 6.42 Å². The molecule has 3 aromatic carbocycles. The number of hydrazone groups is 1. The molecule has 4 nitrogen and oxygen atoms in total. The van der Waals surface area contributed by atoms with Crippen LogP contribution in [-0.2, 0) is 6.42 Å². The molecule has 1 amide bonds. The number of hydrogen-bond donors (Lipinski definition) is 1. The van der Waals surface area contributed by atoms with E-state index in [1.807, 2.05) is 72.8 Å². The van der Waals surface area contributed by atoms with E-state index in [0.717, 1.165) is 22.6 Å². The Bertz CT molecular complexity index is 873. The minimum atomic E-state index is -0.232. The van der Waals surface area contributed by atoms with E-state index in [-0.39, 0.29) is 5.91 Å². The smallest absolute Gasteiger partial charge is 0.271 e. The molecule has 0 saturated heterocycles. The van der Waals surface area contributed by atoms with Crippen molar-refractivity contribution >= 4 is 11.6 Å². The molecule has 0 spiro atoms. The Kier molecular flexibility index (Phi) is 5.78. The molecule has 26 heavy (non-hydrogen) atoms. The highest BCUT2D eigenvalue weighted by Crippen LogP contribution is 2.14. The van der Waals surface area contributed by atoms with Gasteiger partial charge in [0.1, 0.15) is 5.75 Å². The van der Waals surface area contributed by atoms with Gasteiger partial charge >= 0.3 is 0 Å². The van der Waals surface area contributed by atoms with Gasteiger partial charge in [0.2, 0.25) is 0 Å². The van der Waals surface area contributed by atoms with Gasteiger partial charge in [-0.2, -0.15) is 5.10 Å². The third-order valence-electron chi connectivity index (χ3n) is 3.97. The maximum Gasteiger partial charge on any atom is 0.271 e. The van der Waals surface area contributed by atoms with E-state index in [4.69, 9.17) is 4.74 Å². The van der Waals surface area contributed by atoms with Gasteiger partial charge in [-0.05, 0) is 47.5 Å². The Balaban J connectivity index is 1.85. The van der Waals surface area contributed by atoms with Gasteiger partial charge in [0.05, 0.1) is 12.8 Å². The molecule has 4 heteroatoms. The summed E-state index contributed by atoms with van der Waals surface area (Å²) in [5, 5.41) is 4.40. The molecule has 0 aliphatic heterocycles. The monoisotopic (exact) mass is 344 g/mol. The molecule has 0 aliphatic carbocycles. The van der Waals surface area contributed by atoms with E-state index in [2.05, 4.69) is 10.5 Å². The predicted molar refractivity (Wildman–Crippen MR) is 104 cm³/mol. The molecule has 1 N–H and O–H groups in total. The lowest BCUT2D eigenvalue weighted by Crippen LogP contribution is -2.21. The van der Waals surface area contributed by atoms with E-state index < -0.39 is 0 Å². The summed E-state index contributed by atoms with van der Waals surface area (Å²) >= 11 is 0. The van der Waals surface area contributed by atoms with Crippen LogP contribution in [0.4, 0.5) is 0 Å². The molecule has 0 radical (unpaired) electrons. The quantitative estimate of drug-likeness (QED) is 0.541. The lowest BCUT2D eigenvalue weighted by atomic mass is 10.0. The summed E-state index contributed by atoms with van der Waals surface area (Å²) in [7, 11) is 1.63. The third-order valence-corrected chi connectivity index (χ3v) is 3.97. The van der Waals surface area contributed by atoms with Crippen LogP contribution in [-0.4, -0.2) is 18.7 Å². The van der Waals surface area contributed by atoms with Crippen molar-refractivity contribution in [3.8, 4) is 5.75 Å². The van der Waals surface area contributed by atoms with Crippen molar-refractivity contribution in [3.05, 3.63) is 102 Å². The maximum absolute atomic E-state index is 12.3. The average molecular weight is 344 g/mol. The summed E-state index contributed by atoms with van der Waals surface area (Å²) in [6.07, 6.45) is 0.613. The summed E-state index contributed by atoms with van der Waals surface area (Å²) in [6.45, 7) is 0. The van der Waals surface area contributed by atoms with Gasteiger partial charge < -0.3 is 4.74 Å². The Morgan fingerprint density at radius 3 is 2.08 bits per heavy atom. The topological polar surface area (TPSA) is 50.7 Å². The molecule has 0 fully saturated rings. The second kappa shape index (κ2) is 8.62. The summed E-state index contributed by atoms with van der Waals surface area (Å²) < 4.78 is 5.21. The number of amides is 1. The number of ether oxygens (including phenoxy) is 1. The zero-order chi connectivity index (χ0) is 18.2. The van der Waals surface area contributed by atoms with Crippen molar-refractivity contribution in [1.82, 2.24) is 5.43 Å². The number of benzene rings is 3. The highest BCUT2D eigenvalue weighted by Gasteiger charge is 2.08. The molecule has 130 valence electrons. The number of methoxy groups -OCH3 is 1. The summed E-state index contributed by atoms with van der Waals surface area (Å²) in [5.41, 5.74) is 6.07. The first-order chi connectivity index (χ1) is 12.8. The molecule has 0 aromatic heterocycles. The SMILES string of the molecule is COc1ccc(/C(Cc2ccccc2)=N/NC(=O)c2ccccc2)cc1. The van der Waals surface area contributed by atoms with Gasteiger partial charge in [0.25, 0.3) is 5.91 Å². The fourth-order valence-electron chi connectivity index (χ4n) is 2.55. The van der Waals surface area contributed by atoms with Crippen LogP contribution in [0.15, 0.2) is 90.0 Å². The van der Waals surface area contributed by atoms with Gasteiger partial charge in [-0.1, -0.05) is 48.5 Å². The van der Waals surface area contributed by atoms with Crippen LogP contribution in [0.3, 0.4) is 0 Å². The standard InChI is InChI=1S/C22H20N2O2/c1-26-20-14-12-18(13-15-20)21(16-17-8-4-2-5-9-17)23-24-22(25)19-10-6-3-7-11-19/h2-15H,16H2,1H3,(H,24,25)/b23-21+. The zero-order valence-electron chi connectivity index (χ0n) is 14.6. The van der Waals surface area contributed by atoms with Gasteiger partial charge in [-0.3, -0.25) is 4.79 Å². The summed E-state index contributed by atoms with van der Waals surface area (Å²) in [5.74, 6) is 0.547. The number of carbonyl (C=O) groups is 1. The lowest BCUT2D eigenvalue weighted by molar-refractivity contribution is 0.0955. The number of nitrogens with zero attached hydrogens (tertiary/aromatic N) is 1. The van der Waals surface area contributed by atoms with Crippen molar-refractivity contribution < 1.29 is 9.53 Å². The van der Waals surface area contributed by atoms with Crippen LogP contribution in [0.5, 0.6) is 5.75 Å². The molecule has 0 bridgehead atoms. The number of nitrogens with one attached hydrogen (secondary N) is 1. The first kappa shape index (κ1) is 17.4. The highest BCUT2D eigenvalue weighted by molar-refractivity contribution is 6.03. The summed E-state index contributed by atoms with van der Waals surface area (Å²) in [4.78, 5) is 12.3. The van der Waals surface area contributed by atoms with Crippen LogP contribution < -0.4 is 10.2 Å². The number of hydrogen-bond acceptors (Lipinski definition) is 3. The van der Waals surface area contributed by atoms with Crippen LogP contribution in [0.1, 0.15) is 21.5 Å². The van der Waals surface area contributed by atoms with Crippen LogP contribution in [0.2, 0.25) is 0 Å². The first-order valence-corrected chi connectivity index (χ1v) is 8.36. The normalized spacial score (nSPS) is 11.0. The molecular formula is C22H20N2O2. The van der Waals surface area contributed by atoms with Crippen LogP contribution in [0.25, 0.3) is 0 Å². The van der Waals surface area contributed by atoms with Gasteiger partial charge in [-0.15, -0.1) is 0 Å². The Morgan fingerprint density at radius 2 is 1.46 bits per heavy atom. The van der Waals surface area contributed by atoms with Crippen molar-refractivity contribution in [1.29, 1.82) is 0 Å². The van der Waals surface area contributed by atoms with Gasteiger partial charge in [0.15, 0.2) is 0 Å². The van der Waals surface area contributed by atoms with Gasteiger partial charge in [0, 0.05) is 12.0 Å². The Hall–Kier alpha value is -3.40. The molecule has 0 aliphatic rings. The maximum atomic E-state index is 12.3. The van der Waals surface area contributed by atoms with Gasteiger partial charge in [-0.25, -0.2) is 5.43 Å². The van der Waals surface area contributed by atoms with E-state index in [9.17, 15) is 4.79 Å². The Morgan fingerprint density at radius 1 is 0.846 bits per heavy atom. The third kappa shape index (κ3) is 4.57. The van der Waals surface area contributed by atoms with E-state index >= 15 is 0 Å². The molecular weight excluding hydrogens is 324 g/mol. The van der Waals surface area contributed by atoms with E-state index in [1.165, 1.54) is 0 Å². The van der Waals surface area contributed by atoms with Crippen molar-refractivity contribution in [2.75, 3.05) is 7.11 Å². The highest BCUT2D eigenvalue weighted by atomic mass is 16.5. The van der Waals surface area contributed by atoms with Crippen LogP contribution in [0, 0.1) is 0 Å². The molecule has 0 saturated carbocycles. The molecule has 0 heterocycles. The second-order valence-corrected chi connectivity index (χ2v) is 5.76. The van der Waals surface area contributed by atoms with Crippen molar-refractivity contribution in [2.24, 2.45) is 5.10 Å². The molecule has 3 aromatic rings. The molecule has 0 atom stereocenters. The first-order valence-electron chi connectivity index (χ1n) is 8.36. The van der Waals surface area contributed by atoms with Crippen LogP contribution >= 0.6 is 0 Å².